The first-order valence-corrected chi connectivity index (χ1v) is 6.86. The van der Waals surface area contributed by atoms with Crippen LogP contribution in [0.4, 0.5) is 0 Å². The summed E-state index contributed by atoms with van der Waals surface area (Å²) in [5.41, 5.74) is 0.306. The zero-order valence-corrected chi connectivity index (χ0v) is 12.0. The van der Waals surface area contributed by atoms with Crippen LogP contribution in [0.2, 0.25) is 0 Å². The molecule has 0 saturated heterocycles. The second-order valence-corrected chi connectivity index (χ2v) is 4.87. The Morgan fingerprint density at radius 2 is 1.73 bits per heavy atom. The Bertz CT molecular complexity index is 474. The van der Waals surface area contributed by atoms with Crippen LogP contribution in [0.15, 0.2) is 30.3 Å². The number of carbonyl (C=O) groups excluding carboxylic acids is 1. The molecule has 4 N–H and O–H groups in total. The van der Waals surface area contributed by atoms with E-state index in [1.54, 1.807) is 30.3 Å². The third kappa shape index (κ3) is 5.80. The molecule has 0 aliphatic carbocycles. The van der Waals surface area contributed by atoms with Gasteiger partial charge in [-0.25, -0.2) is 4.79 Å². The van der Waals surface area contributed by atoms with E-state index >= 15 is 0 Å². The molecule has 7 nitrogen and oxygen atoms in total. The van der Waals surface area contributed by atoms with Crippen molar-refractivity contribution >= 4 is 11.9 Å². The molecule has 0 aromatic heterocycles. The molecule has 0 bridgehead atoms. The maximum atomic E-state index is 11.7. The minimum Gasteiger partial charge on any atom is -0.481 e. The number of hydrogen-bond donors (Lipinski definition) is 4. The zero-order valence-electron chi connectivity index (χ0n) is 12.0. The Balaban J connectivity index is 2.60. The molecule has 22 heavy (non-hydrogen) atoms. The summed E-state index contributed by atoms with van der Waals surface area (Å²) in [5, 5.41) is 37.4. The van der Waals surface area contributed by atoms with Crippen molar-refractivity contribution < 1.29 is 34.8 Å². The number of carbonyl (C=O) groups is 2. The number of hydrogen-bond acceptors (Lipinski definition) is 6. The minimum absolute atomic E-state index is 0.0678. The lowest BCUT2D eigenvalue weighted by Crippen LogP contribution is -2.37. The Hall–Kier alpha value is -1.96. The van der Waals surface area contributed by atoms with Gasteiger partial charge in [-0.2, -0.15) is 0 Å². The second kappa shape index (κ2) is 9.14. The van der Waals surface area contributed by atoms with E-state index in [0.29, 0.717) is 5.56 Å². The van der Waals surface area contributed by atoms with Crippen molar-refractivity contribution in [2.75, 3.05) is 13.2 Å². The number of ether oxygens (including phenoxy) is 1. The summed E-state index contributed by atoms with van der Waals surface area (Å²) in [5.74, 6) is -2.88. The highest BCUT2D eigenvalue weighted by molar-refractivity contribution is 5.89. The fraction of sp³-hybridized carbons (Fsp3) is 0.467. The quantitative estimate of drug-likeness (QED) is 0.474. The van der Waals surface area contributed by atoms with Gasteiger partial charge in [-0.15, -0.1) is 0 Å². The van der Waals surface area contributed by atoms with Gasteiger partial charge < -0.3 is 25.2 Å². The maximum Gasteiger partial charge on any atom is 0.338 e. The van der Waals surface area contributed by atoms with Crippen LogP contribution in [-0.2, 0) is 9.53 Å². The average molecular weight is 312 g/mol. The number of aliphatic carboxylic acids is 1. The summed E-state index contributed by atoms with van der Waals surface area (Å²) in [7, 11) is 0. The maximum absolute atomic E-state index is 11.7. The SMILES string of the molecule is O=C(O)C[C@@H]([C@H](O)COC(=O)c1ccccc1)[C@@H](O)CCO. The zero-order chi connectivity index (χ0) is 16.5. The molecule has 0 fully saturated rings. The summed E-state index contributed by atoms with van der Waals surface area (Å²) in [6.07, 6.45) is -3.11. The van der Waals surface area contributed by atoms with Crippen LogP contribution < -0.4 is 0 Å². The van der Waals surface area contributed by atoms with Crippen molar-refractivity contribution in [2.45, 2.75) is 25.0 Å². The largest absolute Gasteiger partial charge is 0.481 e. The van der Waals surface area contributed by atoms with Gasteiger partial charge in [0.15, 0.2) is 0 Å². The van der Waals surface area contributed by atoms with E-state index in [0.717, 1.165) is 0 Å². The number of benzene rings is 1. The van der Waals surface area contributed by atoms with Crippen molar-refractivity contribution in [2.24, 2.45) is 5.92 Å². The van der Waals surface area contributed by atoms with E-state index in [4.69, 9.17) is 14.9 Å². The molecule has 1 aromatic rings. The molecule has 1 rings (SSSR count). The molecule has 0 saturated carbocycles. The van der Waals surface area contributed by atoms with Crippen molar-refractivity contribution in [3.8, 4) is 0 Å². The molecule has 0 aliphatic rings. The van der Waals surface area contributed by atoms with Crippen LogP contribution in [0.3, 0.4) is 0 Å². The van der Waals surface area contributed by atoms with Crippen molar-refractivity contribution in [3.63, 3.8) is 0 Å². The van der Waals surface area contributed by atoms with E-state index in [1.165, 1.54) is 0 Å². The molecular weight excluding hydrogens is 292 g/mol. The summed E-state index contributed by atoms with van der Waals surface area (Å²) >= 11 is 0. The molecule has 0 spiro atoms. The first-order chi connectivity index (χ1) is 10.5. The van der Waals surface area contributed by atoms with Crippen LogP contribution in [0, 0.1) is 5.92 Å². The molecule has 1 aromatic carbocycles. The molecule has 7 heteroatoms. The number of carboxylic acids is 1. The molecule has 122 valence electrons. The van der Waals surface area contributed by atoms with E-state index in [-0.39, 0.29) is 13.0 Å². The number of aliphatic hydroxyl groups excluding tert-OH is 3. The van der Waals surface area contributed by atoms with Gasteiger partial charge in [-0.3, -0.25) is 4.79 Å². The fourth-order valence-electron chi connectivity index (χ4n) is 2.02. The van der Waals surface area contributed by atoms with Crippen LogP contribution >= 0.6 is 0 Å². The van der Waals surface area contributed by atoms with Crippen LogP contribution in [0.1, 0.15) is 23.2 Å². The monoisotopic (exact) mass is 312 g/mol. The van der Waals surface area contributed by atoms with Gasteiger partial charge in [0.05, 0.1) is 24.2 Å². The van der Waals surface area contributed by atoms with Crippen molar-refractivity contribution in [1.29, 1.82) is 0 Å². The van der Waals surface area contributed by atoms with E-state index in [1.807, 2.05) is 0 Å². The molecule has 3 atom stereocenters. The normalized spacial score (nSPS) is 14.9. The summed E-state index contributed by atoms with van der Waals surface area (Å²) in [6.45, 7) is -0.776. The second-order valence-electron chi connectivity index (χ2n) is 4.87. The lowest BCUT2D eigenvalue weighted by Gasteiger charge is -2.25. The highest BCUT2D eigenvalue weighted by Crippen LogP contribution is 2.18. The minimum atomic E-state index is -1.34. The summed E-state index contributed by atoms with van der Waals surface area (Å²) < 4.78 is 4.93. The van der Waals surface area contributed by atoms with E-state index in [2.05, 4.69) is 0 Å². The van der Waals surface area contributed by atoms with Crippen molar-refractivity contribution in [3.05, 3.63) is 35.9 Å². The topological polar surface area (TPSA) is 124 Å². The van der Waals surface area contributed by atoms with Gasteiger partial charge >= 0.3 is 11.9 Å². The average Bonchev–Trinajstić information content (AvgIpc) is 2.50. The van der Waals surface area contributed by atoms with Crippen LogP contribution in [0.25, 0.3) is 0 Å². The van der Waals surface area contributed by atoms with Gasteiger partial charge in [0.1, 0.15) is 6.61 Å². The van der Waals surface area contributed by atoms with Gasteiger partial charge in [-0.1, -0.05) is 18.2 Å². The van der Waals surface area contributed by atoms with Crippen LogP contribution in [-0.4, -0.2) is 57.8 Å². The molecule has 0 heterocycles. The summed E-state index contributed by atoms with van der Waals surface area (Å²) in [4.78, 5) is 22.5. The Labute approximate surface area is 127 Å². The van der Waals surface area contributed by atoms with Gasteiger partial charge in [0.25, 0.3) is 0 Å². The third-order valence-electron chi connectivity index (χ3n) is 3.22. The van der Waals surface area contributed by atoms with E-state index in [9.17, 15) is 19.8 Å². The predicted molar refractivity (Wildman–Crippen MR) is 76.2 cm³/mol. The Kier molecular flexibility index (Phi) is 7.51. The van der Waals surface area contributed by atoms with Crippen LogP contribution in [0.5, 0.6) is 0 Å². The molecule has 0 amide bonds. The van der Waals surface area contributed by atoms with E-state index < -0.39 is 43.1 Å². The van der Waals surface area contributed by atoms with Gasteiger partial charge in [0, 0.05) is 12.5 Å². The number of aliphatic hydroxyl groups is 3. The Morgan fingerprint density at radius 3 is 2.27 bits per heavy atom. The number of rotatable bonds is 9. The first kappa shape index (κ1) is 18.1. The smallest absolute Gasteiger partial charge is 0.338 e. The van der Waals surface area contributed by atoms with Gasteiger partial charge in [0.2, 0.25) is 0 Å². The molecular formula is C15H20O7. The third-order valence-corrected chi connectivity index (χ3v) is 3.22. The van der Waals surface area contributed by atoms with Crippen molar-refractivity contribution in [1.82, 2.24) is 0 Å². The lowest BCUT2D eigenvalue weighted by atomic mass is 9.91. The highest BCUT2D eigenvalue weighted by Gasteiger charge is 2.30. The standard InChI is InChI=1S/C15H20O7/c16-7-6-12(17)11(8-14(19)20)13(18)9-22-15(21)10-4-2-1-3-5-10/h1-5,11-13,16-18H,6-9H2,(H,19,20)/t11-,12+,13-/m1/s1. The molecule has 0 unspecified atom stereocenters. The molecule has 0 aliphatic heterocycles. The number of carboxylic acid groups (broad SMARTS) is 1. The Morgan fingerprint density at radius 1 is 1.09 bits per heavy atom. The number of esters is 1. The molecule has 0 radical (unpaired) electrons. The summed E-state index contributed by atoms with van der Waals surface area (Å²) in [6, 6.07) is 8.14. The first-order valence-electron chi connectivity index (χ1n) is 6.86. The van der Waals surface area contributed by atoms with Gasteiger partial charge in [-0.05, 0) is 18.6 Å². The lowest BCUT2D eigenvalue weighted by molar-refractivity contribution is -0.141. The predicted octanol–water partition coefficient (Wildman–Crippen LogP) is 0.0385. The highest BCUT2D eigenvalue weighted by atomic mass is 16.5. The fourth-order valence-corrected chi connectivity index (χ4v) is 2.02.